The summed E-state index contributed by atoms with van der Waals surface area (Å²) in [5.74, 6) is 1.73. The topological polar surface area (TPSA) is 35.2 Å². The average Bonchev–Trinajstić information content (AvgIpc) is 2.46. The monoisotopic (exact) mass is 307 g/mol. The van der Waals surface area contributed by atoms with Gasteiger partial charge in [-0.1, -0.05) is 29.8 Å². The minimum atomic E-state index is -0.0566. The zero-order valence-corrected chi connectivity index (χ0v) is 13.2. The Balaban J connectivity index is 2.18. The lowest BCUT2D eigenvalue weighted by atomic mass is 10.1. The second-order valence-corrected chi connectivity index (χ2v) is 6.03. The highest BCUT2D eigenvalue weighted by Gasteiger charge is 2.13. The van der Waals surface area contributed by atoms with Crippen molar-refractivity contribution in [2.75, 3.05) is 7.11 Å². The molecular weight excluding hydrogens is 290 g/mol. The predicted molar refractivity (Wildman–Crippen MR) is 86.6 cm³/mol. The molecule has 0 bridgehead atoms. The van der Waals surface area contributed by atoms with E-state index in [0.717, 1.165) is 27.0 Å². The van der Waals surface area contributed by atoms with Gasteiger partial charge in [0.2, 0.25) is 0 Å². The largest absolute Gasteiger partial charge is 0.496 e. The Morgan fingerprint density at radius 1 is 1.20 bits per heavy atom. The number of halogens is 1. The third-order valence-electron chi connectivity index (χ3n) is 3.01. The van der Waals surface area contributed by atoms with Crippen LogP contribution in [-0.4, -0.2) is 7.11 Å². The molecule has 0 aliphatic heterocycles. The van der Waals surface area contributed by atoms with E-state index in [-0.39, 0.29) is 6.04 Å². The van der Waals surface area contributed by atoms with E-state index < -0.39 is 0 Å². The first-order chi connectivity index (χ1) is 9.61. The van der Waals surface area contributed by atoms with Crippen molar-refractivity contribution in [1.29, 1.82) is 0 Å². The van der Waals surface area contributed by atoms with Gasteiger partial charge in [-0.25, -0.2) is 0 Å². The summed E-state index contributed by atoms with van der Waals surface area (Å²) in [4.78, 5) is 1.16. The Labute approximate surface area is 129 Å². The smallest absolute Gasteiger partial charge is 0.124 e. The number of hydrogen-bond donors (Lipinski definition) is 1. The van der Waals surface area contributed by atoms with Crippen molar-refractivity contribution in [3.05, 3.63) is 58.6 Å². The Hall–Kier alpha value is -1.16. The van der Waals surface area contributed by atoms with Crippen LogP contribution in [0.15, 0.2) is 47.4 Å². The third kappa shape index (κ3) is 3.69. The van der Waals surface area contributed by atoms with E-state index in [4.69, 9.17) is 22.1 Å². The molecule has 1 atom stereocenters. The first kappa shape index (κ1) is 15.2. The van der Waals surface area contributed by atoms with Crippen LogP contribution in [-0.2, 0) is 5.75 Å². The summed E-state index contributed by atoms with van der Waals surface area (Å²) in [6, 6.07) is 13.9. The van der Waals surface area contributed by atoms with E-state index >= 15 is 0 Å². The minimum Gasteiger partial charge on any atom is -0.496 e. The summed E-state index contributed by atoms with van der Waals surface area (Å²) in [6.07, 6.45) is 0. The van der Waals surface area contributed by atoms with Crippen LogP contribution >= 0.6 is 23.4 Å². The lowest BCUT2D eigenvalue weighted by Crippen LogP contribution is -2.08. The van der Waals surface area contributed by atoms with Crippen molar-refractivity contribution < 1.29 is 4.74 Å². The van der Waals surface area contributed by atoms with Gasteiger partial charge in [0.1, 0.15) is 5.75 Å². The Morgan fingerprint density at radius 2 is 1.90 bits per heavy atom. The summed E-state index contributed by atoms with van der Waals surface area (Å²) in [5.41, 5.74) is 8.37. The van der Waals surface area contributed by atoms with Gasteiger partial charge in [-0.3, -0.25) is 0 Å². The number of rotatable bonds is 5. The van der Waals surface area contributed by atoms with Crippen LogP contribution in [0.5, 0.6) is 5.75 Å². The second kappa shape index (κ2) is 7.02. The van der Waals surface area contributed by atoms with Crippen LogP contribution in [0.1, 0.15) is 24.1 Å². The maximum Gasteiger partial charge on any atom is 0.124 e. The summed E-state index contributed by atoms with van der Waals surface area (Å²) in [5, 5.41) is 0.761. The lowest BCUT2D eigenvalue weighted by molar-refractivity contribution is 0.405. The normalized spacial score (nSPS) is 12.2. The van der Waals surface area contributed by atoms with E-state index in [1.54, 1.807) is 18.9 Å². The fourth-order valence-corrected chi connectivity index (χ4v) is 3.28. The van der Waals surface area contributed by atoms with Gasteiger partial charge in [0.05, 0.1) is 7.11 Å². The molecule has 20 heavy (non-hydrogen) atoms. The maximum absolute atomic E-state index is 6.07. The molecule has 0 aromatic heterocycles. The highest BCUT2D eigenvalue weighted by Crippen LogP contribution is 2.35. The molecule has 106 valence electrons. The van der Waals surface area contributed by atoms with Gasteiger partial charge in [-0.2, -0.15) is 0 Å². The molecule has 0 aliphatic carbocycles. The summed E-state index contributed by atoms with van der Waals surface area (Å²) in [7, 11) is 1.68. The SMILES string of the molecule is COc1cccc(SCc2ccc(Cl)cc2)c1[C@@H](C)N. The van der Waals surface area contributed by atoms with Gasteiger partial charge in [-0.15, -0.1) is 11.8 Å². The molecule has 0 spiro atoms. The van der Waals surface area contributed by atoms with Crippen LogP contribution in [0, 0.1) is 0 Å². The molecule has 2 N–H and O–H groups in total. The Kier molecular flexibility index (Phi) is 5.35. The molecule has 2 aromatic rings. The number of benzene rings is 2. The number of nitrogens with two attached hydrogens (primary N) is 1. The van der Waals surface area contributed by atoms with Gasteiger partial charge in [-0.05, 0) is 36.8 Å². The van der Waals surface area contributed by atoms with Crippen LogP contribution in [0.4, 0.5) is 0 Å². The molecule has 2 rings (SSSR count). The highest BCUT2D eigenvalue weighted by molar-refractivity contribution is 7.98. The van der Waals surface area contributed by atoms with Crippen LogP contribution < -0.4 is 10.5 Å². The zero-order valence-electron chi connectivity index (χ0n) is 11.6. The van der Waals surface area contributed by atoms with Crippen molar-refractivity contribution in [2.24, 2.45) is 5.73 Å². The molecule has 4 heteroatoms. The van der Waals surface area contributed by atoms with Crippen molar-refractivity contribution >= 4 is 23.4 Å². The fraction of sp³-hybridized carbons (Fsp3) is 0.250. The lowest BCUT2D eigenvalue weighted by Gasteiger charge is -2.16. The maximum atomic E-state index is 6.07. The first-order valence-corrected chi connectivity index (χ1v) is 7.78. The fourth-order valence-electron chi connectivity index (χ4n) is 2.02. The van der Waals surface area contributed by atoms with Crippen molar-refractivity contribution in [3.63, 3.8) is 0 Å². The van der Waals surface area contributed by atoms with Gasteiger partial charge < -0.3 is 10.5 Å². The van der Waals surface area contributed by atoms with Gasteiger partial charge in [0.15, 0.2) is 0 Å². The zero-order chi connectivity index (χ0) is 14.5. The van der Waals surface area contributed by atoms with Gasteiger partial charge in [0.25, 0.3) is 0 Å². The summed E-state index contributed by atoms with van der Waals surface area (Å²) >= 11 is 7.66. The Bertz CT molecular complexity index is 569. The first-order valence-electron chi connectivity index (χ1n) is 6.41. The molecule has 0 saturated heterocycles. The molecule has 0 amide bonds. The highest BCUT2D eigenvalue weighted by atomic mass is 35.5. The van der Waals surface area contributed by atoms with Crippen molar-refractivity contribution in [3.8, 4) is 5.75 Å². The second-order valence-electron chi connectivity index (χ2n) is 4.58. The molecular formula is C16H18ClNOS. The van der Waals surface area contributed by atoms with E-state index in [2.05, 4.69) is 6.07 Å². The molecule has 0 aliphatic rings. The molecule has 0 saturated carbocycles. The molecule has 0 fully saturated rings. The predicted octanol–water partition coefficient (Wildman–Crippen LogP) is 4.66. The van der Waals surface area contributed by atoms with E-state index in [1.165, 1.54) is 5.56 Å². The number of methoxy groups -OCH3 is 1. The van der Waals surface area contributed by atoms with Crippen LogP contribution in [0.2, 0.25) is 5.02 Å². The number of hydrogen-bond acceptors (Lipinski definition) is 3. The number of ether oxygens (including phenoxy) is 1. The third-order valence-corrected chi connectivity index (χ3v) is 4.41. The number of thioether (sulfide) groups is 1. The molecule has 2 aromatic carbocycles. The van der Waals surface area contributed by atoms with Crippen molar-refractivity contribution in [2.45, 2.75) is 23.6 Å². The van der Waals surface area contributed by atoms with Crippen LogP contribution in [0.3, 0.4) is 0 Å². The summed E-state index contributed by atoms with van der Waals surface area (Å²) in [6.45, 7) is 1.98. The quantitative estimate of drug-likeness (QED) is 0.816. The standard InChI is InChI=1S/C16H18ClNOS/c1-11(18)16-14(19-2)4-3-5-15(16)20-10-12-6-8-13(17)9-7-12/h3-9,11H,10,18H2,1-2H3/t11-/m1/s1. The van der Waals surface area contributed by atoms with Crippen LogP contribution in [0.25, 0.3) is 0 Å². The van der Waals surface area contributed by atoms with Gasteiger partial charge in [0, 0.05) is 27.3 Å². The molecule has 0 heterocycles. The summed E-state index contributed by atoms with van der Waals surface area (Å²) < 4.78 is 5.40. The van der Waals surface area contributed by atoms with E-state index in [0.29, 0.717) is 0 Å². The van der Waals surface area contributed by atoms with E-state index in [1.807, 2.05) is 43.3 Å². The molecule has 0 radical (unpaired) electrons. The molecule has 2 nitrogen and oxygen atoms in total. The average molecular weight is 308 g/mol. The molecule has 0 unspecified atom stereocenters. The van der Waals surface area contributed by atoms with Gasteiger partial charge >= 0.3 is 0 Å². The minimum absolute atomic E-state index is 0.0566. The van der Waals surface area contributed by atoms with Crippen molar-refractivity contribution in [1.82, 2.24) is 0 Å². The van der Waals surface area contributed by atoms with E-state index in [9.17, 15) is 0 Å². The Morgan fingerprint density at radius 3 is 2.50 bits per heavy atom.